The molecule has 2 amide bonds. The summed E-state index contributed by atoms with van der Waals surface area (Å²) in [6, 6.07) is 11.2. The summed E-state index contributed by atoms with van der Waals surface area (Å²) in [5.41, 5.74) is -0.185. The Morgan fingerprint density at radius 3 is 2.59 bits per heavy atom. The molecule has 0 aromatic heterocycles. The zero-order valence-electron chi connectivity index (χ0n) is 23.3. The number of hydrogen-bond donors (Lipinski definition) is 2. The lowest BCUT2D eigenvalue weighted by molar-refractivity contribution is -0.385. The molecule has 5 atom stereocenters. The molecule has 3 aliphatic rings. The van der Waals surface area contributed by atoms with Gasteiger partial charge in [-0.25, -0.2) is 0 Å². The van der Waals surface area contributed by atoms with E-state index in [1.165, 1.54) is 34.9 Å². The Hall–Kier alpha value is -3.65. The highest BCUT2D eigenvalue weighted by Crippen LogP contribution is 2.60. The number of nitro benzene ring substituents is 1. The summed E-state index contributed by atoms with van der Waals surface area (Å²) in [7, 11) is -2.92. The smallest absolute Gasteiger partial charge is 0.304 e. The van der Waals surface area contributed by atoms with Crippen molar-refractivity contribution in [2.45, 2.75) is 69.8 Å². The van der Waals surface area contributed by atoms with Gasteiger partial charge in [0.1, 0.15) is 0 Å². The summed E-state index contributed by atoms with van der Waals surface area (Å²) < 4.78 is 11.7. The first-order valence-corrected chi connectivity index (χ1v) is 16.5. The highest BCUT2D eigenvalue weighted by molar-refractivity contribution is 6.71. The van der Waals surface area contributed by atoms with Crippen LogP contribution in [0.3, 0.4) is 0 Å². The lowest BCUT2D eigenvalue weighted by Gasteiger charge is -2.39. The molecule has 13 heteroatoms. The van der Waals surface area contributed by atoms with Gasteiger partial charge in [0.2, 0.25) is 5.91 Å². The second-order valence-electron chi connectivity index (χ2n) is 11.4. The van der Waals surface area contributed by atoms with Gasteiger partial charge in [-0.15, -0.1) is 0 Å². The largest absolute Gasteiger partial charge is 0.441 e. The molecule has 0 saturated carbocycles. The van der Waals surface area contributed by atoms with E-state index < -0.39 is 54.5 Å². The number of carbonyl (C=O) groups is 3. The lowest BCUT2D eigenvalue weighted by atomic mass is 9.82. The van der Waals surface area contributed by atoms with Crippen LogP contribution >= 0.6 is 0 Å². The van der Waals surface area contributed by atoms with Crippen LogP contribution in [0.2, 0.25) is 18.6 Å². The molecule has 0 bridgehead atoms. The fourth-order valence-corrected chi connectivity index (χ4v) is 9.31. The maximum Gasteiger partial charge on any atom is 0.304 e. The highest BCUT2D eigenvalue weighted by Gasteiger charge is 2.66. The third-order valence-electron chi connectivity index (χ3n) is 8.33. The van der Waals surface area contributed by atoms with Crippen LogP contribution in [0.5, 0.6) is 0 Å². The number of nitrogens with zero attached hydrogens (tertiary/aromatic N) is 3. The number of benzene rings is 2. The maximum absolute atomic E-state index is 14.4. The predicted molar refractivity (Wildman–Crippen MR) is 149 cm³/mol. The normalized spacial score (nSPS) is 27.3. The number of anilines is 2. The van der Waals surface area contributed by atoms with E-state index in [4.69, 9.17) is 9.47 Å². The Bertz CT molecular complexity index is 1430. The van der Waals surface area contributed by atoms with Crippen LogP contribution in [-0.2, 0) is 36.0 Å². The molecular formula is C28H33N3O9Si. The second-order valence-corrected chi connectivity index (χ2v) is 15.4. The number of esters is 1. The molecule has 1 unspecified atom stereocenters. The fourth-order valence-electron chi connectivity index (χ4n) is 6.70. The first kappa shape index (κ1) is 28.9. The lowest BCUT2D eigenvalue weighted by Crippen LogP contribution is -2.54. The van der Waals surface area contributed by atoms with Gasteiger partial charge in [-0.1, -0.05) is 19.1 Å². The van der Waals surface area contributed by atoms with Crippen molar-refractivity contribution in [1.82, 2.24) is 0 Å². The molecule has 0 aliphatic carbocycles. The minimum Gasteiger partial charge on any atom is -0.441 e. The molecule has 1 spiro atoms. The third kappa shape index (κ3) is 4.72. The summed E-state index contributed by atoms with van der Waals surface area (Å²) in [6.45, 7) is 6.49. The summed E-state index contributed by atoms with van der Waals surface area (Å²) in [5.74, 6) is -1.64. The molecule has 2 aromatic rings. The Labute approximate surface area is 237 Å². The summed E-state index contributed by atoms with van der Waals surface area (Å²) in [5, 5.41) is 21.5. The Morgan fingerprint density at radius 1 is 1.24 bits per heavy atom. The number of carbonyl (C=O) groups excluding carboxylic acids is 3. The van der Waals surface area contributed by atoms with Crippen LogP contribution in [0, 0.1) is 16.0 Å². The molecular weight excluding hydrogens is 550 g/mol. The van der Waals surface area contributed by atoms with Crippen molar-refractivity contribution in [2.24, 2.45) is 5.92 Å². The number of aliphatic hydroxyl groups is 1. The number of ether oxygens (including phenoxy) is 2. The standard InChI is InChI=1S/C28H33N3O9Si/c1-16-26(41(3,4)38)23(10-11-32)40-28(16)21-13-20(31(36)37)8-9-22(21)29(27(28)35)15-18-6-5-7-19(12-18)30-24(34)14-25(30)39-17(2)33/h5-9,12-13,16,23,25-26,32,38H,10-11,14-15H2,1-4H3/t16-,23+,25?,26-,28+/m1/s1. The summed E-state index contributed by atoms with van der Waals surface area (Å²) >= 11 is 0. The van der Waals surface area contributed by atoms with Crippen LogP contribution in [0.1, 0.15) is 37.8 Å². The van der Waals surface area contributed by atoms with Gasteiger partial charge in [-0.2, -0.15) is 0 Å². The first-order chi connectivity index (χ1) is 19.3. The fraction of sp³-hybridized carbons (Fsp3) is 0.464. The number of non-ortho nitro benzene ring substituents is 1. The molecule has 3 heterocycles. The van der Waals surface area contributed by atoms with E-state index in [2.05, 4.69) is 0 Å². The molecule has 0 radical (unpaired) electrons. The molecule has 2 saturated heterocycles. The zero-order valence-corrected chi connectivity index (χ0v) is 24.3. The van der Waals surface area contributed by atoms with E-state index in [1.54, 1.807) is 37.4 Å². The molecule has 3 aliphatic heterocycles. The van der Waals surface area contributed by atoms with Gasteiger partial charge in [-0.3, -0.25) is 29.4 Å². The Morgan fingerprint density at radius 2 is 1.98 bits per heavy atom. The molecule has 12 nitrogen and oxygen atoms in total. The van der Waals surface area contributed by atoms with Crippen LogP contribution in [0.25, 0.3) is 0 Å². The molecule has 2 N–H and O–H groups in total. The maximum atomic E-state index is 14.4. The number of fused-ring (bicyclic) bond motifs is 2. The van der Waals surface area contributed by atoms with E-state index in [0.29, 0.717) is 22.5 Å². The number of hydrogen-bond acceptors (Lipinski definition) is 9. The van der Waals surface area contributed by atoms with Crippen molar-refractivity contribution in [1.29, 1.82) is 0 Å². The number of rotatable bonds is 8. The molecule has 5 rings (SSSR count). The van der Waals surface area contributed by atoms with E-state index >= 15 is 0 Å². The average Bonchev–Trinajstić information content (AvgIpc) is 3.30. The van der Waals surface area contributed by atoms with Gasteiger partial charge in [0.15, 0.2) is 20.1 Å². The van der Waals surface area contributed by atoms with Gasteiger partial charge in [0, 0.05) is 48.4 Å². The molecule has 2 fully saturated rings. The van der Waals surface area contributed by atoms with Gasteiger partial charge >= 0.3 is 5.97 Å². The Kier molecular flexibility index (Phi) is 7.26. The number of nitro groups is 1. The van der Waals surface area contributed by atoms with Gasteiger partial charge in [0.05, 0.1) is 29.7 Å². The number of aliphatic hydroxyl groups excluding tert-OH is 1. The van der Waals surface area contributed by atoms with Crippen molar-refractivity contribution in [3.8, 4) is 0 Å². The van der Waals surface area contributed by atoms with E-state index in [9.17, 15) is 34.4 Å². The van der Waals surface area contributed by atoms with Crippen LogP contribution in [-0.4, -0.2) is 59.9 Å². The minimum atomic E-state index is -2.92. The Balaban J connectivity index is 1.55. The summed E-state index contributed by atoms with van der Waals surface area (Å²) in [4.78, 5) is 63.5. The second kappa shape index (κ2) is 10.3. The van der Waals surface area contributed by atoms with E-state index in [1.807, 2.05) is 6.92 Å². The van der Waals surface area contributed by atoms with Gasteiger partial charge < -0.3 is 24.3 Å². The van der Waals surface area contributed by atoms with E-state index in [-0.39, 0.29) is 37.6 Å². The summed E-state index contributed by atoms with van der Waals surface area (Å²) in [6.07, 6.45) is -1.02. The van der Waals surface area contributed by atoms with Gasteiger partial charge in [-0.05, 0) is 43.3 Å². The highest BCUT2D eigenvalue weighted by atomic mass is 28.4. The molecule has 41 heavy (non-hydrogen) atoms. The first-order valence-electron chi connectivity index (χ1n) is 13.5. The SMILES string of the molecule is CC(=O)OC1CC(=O)N1c1cccc(CN2C(=O)[C@@]3(O[C@@H](CCO)[C@H]([Si](C)(C)O)[C@H]3C)c3cc([N+](=O)[O-])ccc32)c1. The van der Waals surface area contributed by atoms with Crippen LogP contribution < -0.4 is 9.80 Å². The molecule has 2 aromatic carbocycles. The zero-order chi connectivity index (χ0) is 29.9. The van der Waals surface area contributed by atoms with Gasteiger partial charge in [0.25, 0.3) is 11.6 Å². The van der Waals surface area contributed by atoms with Crippen molar-refractivity contribution >= 4 is 43.2 Å². The monoisotopic (exact) mass is 583 g/mol. The number of amides is 2. The molecule has 218 valence electrons. The third-order valence-corrected chi connectivity index (χ3v) is 10.8. The van der Waals surface area contributed by atoms with Crippen molar-refractivity contribution in [3.63, 3.8) is 0 Å². The number of β-lactam (4-membered cyclic amide) rings is 1. The van der Waals surface area contributed by atoms with Crippen molar-refractivity contribution in [2.75, 3.05) is 16.4 Å². The van der Waals surface area contributed by atoms with Crippen molar-refractivity contribution < 1.29 is 38.7 Å². The minimum absolute atomic E-state index is 0.0743. The topological polar surface area (TPSA) is 160 Å². The van der Waals surface area contributed by atoms with Crippen LogP contribution in [0.4, 0.5) is 17.1 Å². The average molecular weight is 584 g/mol. The van der Waals surface area contributed by atoms with E-state index in [0.717, 1.165) is 0 Å². The van der Waals surface area contributed by atoms with Crippen LogP contribution in [0.15, 0.2) is 42.5 Å². The quantitative estimate of drug-likeness (QED) is 0.157. The van der Waals surface area contributed by atoms with Crippen molar-refractivity contribution in [3.05, 3.63) is 63.7 Å². The predicted octanol–water partition coefficient (Wildman–Crippen LogP) is 2.95.